The zero-order valence-electron chi connectivity index (χ0n) is 12.9. The Morgan fingerprint density at radius 1 is 1.38 bits per heavy atom. The molecule has 3 heterocycles. The summed E-state index contributed by atoms with van der Waals surface area (Å²) in [6, 6.07) is 0. The van der Waals surface area contributed by atoms with Gasteiger partial charge in [-0.25, -0.2) is 0 Å². The average molecular weight is 300 g/mol. The number of hydrogen-bond donors (Lipinski definition) is 3. The van der Waals surface area contributed by atoms with Crippen LogP contribution < -0.4 is 0 Å². The first kappa shape index (κ1) is 15.2. The zero-order valence-corrected chi connectivity index (χ0v) is 12.9. The van der Waals surface area contributed by atoms with Gasteiger partial charge in [0.05, 0.1) is 0 Å². The van der Waals surface area contributed by atoms with Gasteiger partial charge in [0.15, 0.2) is 6.10 Å². The third-order valence-electron chi connectivity index (χ3n) is 5.71. The Balaban J connectivity index is 2.16. The lowest BCUT2D eigenvalue weighted by Gasteiger charge is -2.55. The molecule has 0 aromatic heterocycles. The number of ether oxygens (including phenoxy) is 2. The molecule has 0 saturated carbocycles. The number of carbonyl (C=O) groups is 1. The highest BCUT2D eigenvalue weighted by molar-refractivity contribution is 5.72. The predicted molar refractivity (Wildman–Crippen MR) is 71.8 cm³/mol. The molecule has 0 aromatic rings. The fraction of sp³-hybridized carbons (Fsp3) is 0.933. The Morgan fingerprint density at radius 2 is 2.00 bits per heavy atom. The van der Waals surface area contributed by atoms with Crippen molar-refractivity contribution in [3.63, 3.8) is 0 Å². The summed E-state index contributed by atoms with van der Waals surface area (Å²) in [4.78, 5) is 11.9. The molecule has 3 N–H and O–H groups in total. The molecule has 0 aliphatic carbocycles. The lowest BCUT2D eigenvalue weighted by atomic mass is 9.54. The zero-order chi connectivity index (χ0) is 15.8. The minimum atomic E-state index is -1.90. The Kier molecular flexibility index (Phi) is 2.89. The van der Waals surface area contributed by atoms with Gasteiger partial charge < -0.3 is 24.8 Å². The molecule has 120 valence electrons. The van der Waals surface area contributed by atoms with Crippen LogP contribution in [0.1, 0.15) is 47.0 Å². The van der Waals surface area contributed by atoms with E-state index in [0.29, 0.717) is 6.42 Å². The maximum absolute atomic E-state index is 11.9. The molecule has 6 heteroatoms. The van der Waals surface area contributed by atoms with E-state index in [1.165, 1.54) is 6.92 Å². The maximum Gasteiger partial charge on any atom is 0.308 e. The summed E-state index contributed by atoms with van der Waals surface area (Å²) < 4.78 is 11.1. The minimum absolute atomic E-state index is 0.110. The van der Waals surface area contributed by atoms with Crippen LogP contribution in [0.3, 0.4) is 0 Å². The molecule has 6 atom stereocenters. The van der Waals surface area contributed by atoms with Crippen molar-refractivity contribution in [1.29, 1.82) is 0 Å². The molecule has 6 nitrogen and oxygen atoms in total. The van der Waals surface area contributed by atoms with Crippen LogP contribution in [0.5, 0.6) is 0 Å². The second kappa shape index (κ2) is 3.98. The van der Waals surface area contributed by atoms with Gasteiger partial charge in [-0.05, 0) is 25.2 Å². The van der Waals surface area contributed by atoms with Crippen molar-refractivity contribution in [1.82, 2.24) is 0 Å². The van der Waals surface area contributed by atoms with Gasteiger partial charge in [0.2, 0.25) is 5.79 Å². The molecule has 21 heavy (non-hydrogen) atoms. The Bertz CT molecular complexity index is 489. The summed E-state index contributed by atoms with van der Waals surface area (Å²) >= 11 is 0. The molecule has 2 bridgehead atoms. The van der Waals surface area contributed by atoms with Crippen molar-refractivity contribution >= 4 is 5.97 Å². The fourth-order valence-corrected chi connectivity index (χ4v) is 4.63. The van der Waals surface area contributed by atoms with E-state index < -0.39 is 34.7 Å². The smallest absolute Gasteiger partial charge is 0.308 e. The van der Waals surface area contributed by atoms with Crippen molar-refractivity contribution in [2.45, 2.75) is 70.2 Å². The van der Waals surface area contributed by atoms with Crippen molar-refractivity contribution in [2.75, 3.05) is 0 Å². The van der Waals surface area contributed by atoms with Crippen LogP contribution >= 0.6 is 0 Å². The van der Waals surface area contributed by atoms with Crippen LogP contribution in [0.15, 0.2) is 0 Å². The van der Waals surface area contributed by atoms with E-state index in [1.54, 1.807) is 0 Å². The van der Waals surface area contributed by atoms with Crippen molar-refractivity contribution < 1.29 is 29.6 Å². The topological polar surface area (TPSA) is 96.2 Å². The van der Waals surface area contributed by atoms with E-state index >= 15 is 0 Å². The number of carbonyl (C=O) groups excluding carboxylic acids is 1. The highest BCUT2D eigenvalue weighted by atomic mass is 16.8. The van der Waals surface area contributed by atoms with Crippen LogP contribution in [-0.2, 0) is 14.3 Å². The number of hydrogen-bond acceptors (Lipinski definition) is 6. The number of esters is 1. The van der Waals surface area contributed by atoms with Crippen LogP contribution in [0.4, 0.5) is 0 Å². The van der Waals surface area contributed by atoms with Crippen LogP contribution in [0, 0.1) is 17.3 Å². The van der Waals surface area contributed by atoms with Crippen LogP contribution in [-0.4, -0.2) is 44.6 Å². The normalized spacial score (nSPS) is 55.7. The third-order valence-corrected chi connectivity index (χ3v) is 5.71. The molecule has 0 amide bonds. The Labute approximate surface area is 124 Å². The number of rotatable bonds is 2. The lowest BCUT2D eigenvalue weighted by Crippen LogP contribution is -2.69. The minimum Gasteiger partial charge on any atom is -0.429 e. The fourth-order valence-electron chi connectivity index (χ4n) is 4.63. The predicted octanol–water partition coefficient (Wildman–Crippen LogP) is 0.533. The standard InChI is InChI=1S/C15H24O6/c1-8(2)6-13-7-14(19)12(4,18)11(17)15(13,21-14)20-10(16)5-9(13)3/h8-9,11,17-19H,5-7H2,1-4H3/t9-,11-,12+,13-,14?,15?/m1/s1. The first-order valence-electron chi connectivity index (χ1n) is 7.55. The largest absolute Gasteiger partial charge is 0.429 e. The summed E-state index contributed by atoms with van der Waals surface area (Å²) in [7, 11) is 0. The second-order valence-corrected chi connectivity index (χ2v) is 7.61. The van der Waals surface area contributed by atoms with E-state index in [-0.39, 0.29) is 24.7 Å². The van der Waals surface area contributed by atoms with Crippen molar-refractivity contribution in [2.24, 2.45) is 17.3 Å². The molecule has 0 radical (unpaired) electrons. The highest BCUT2D eigenvalue weighted by Gasteiger charge is 2.85. The molecule has 3 aliphatic heterocycles. The van der Waals surface area contributed by atoms with E-state index in [4.69, 9.17) is 9.47 Å². The first-order chi connectivity index (χ1) is 9.51. The van der Waals surface area contributed by atoms with Crippen LogP contribution in [0.2, 0.25) is 0 Å². The number of fused-ring (bicyclic) bond motifs is 1. The molecule has 1 spiro atoms. The average Bonchev–Trinajstić information content (AvgIpc) is 2.65. The van der Waals surface area contributed by atoms with Gasteiger partial charge in [0.1, 0.15) is 5.60 Å². The Hall–Kier alpha value is -0.690. The quantitative estimate of drug-likeness (QED) is 0.644. The van der Waals surface area contributed by atoms with Gasteiger partial charge in [-0.15, -0.1) is 0 Å². The highest BCUT2D eigenvalue weighted by Crippen LogP contribution is 2.70. The molecule has 2 unspecified atom stereocenters. The lowest BCUT2D eigenvalue weighted by molar-refractivity contribution is -0.313. The van der Waals surface area contributed by atoms with Gasteiger partial charge in [-0.1, -0.05) is 20.8 Å². The Morgan fingerprint density at radius 3 is 2.52 bits per heavy atom. The molecule has 3 rings (SSSR count). The summed E-state index contributed by atoms with van der Waals surface area (Å²) in [6.07, 6.45) is -0.467. The SMILES string of the molecule is CC(C)C[C@]12CC3(O)OC1(OC(=O)C[C@H]2C)[C@H](O)[C@]3(C)O. The molecular weight excluding hydrogens is 276 g/mol. The summed E-state index contributed by atoms with van der Waals surface area (Å²) in [6.45, 7) is 7.30. The molecule has 3 aliphatic rings. The summed E-state index contributed by atoms with van der Waals surface area (Å²) in [5.41, 5.74) is -2.56. The van der Waals surface area contributed by atoms with E-state index in [2.05, 4.69) is 0 Å². The number of aliphatic hydroxyl groups excluding tert-OH is 1. The van der Waals surface area contributed by atoms with E-state index in [9.17, 15) is 20.1 Å². The maximum atomic E-state index is 11.9. The van der Waals surface area contributed by atoms with Gasteiger partial charge in [0.25, 0.3) is 5.79 Å². The monoisotopic (exact) mass is 300 g/mol. The van der Waals surface area contributed by atoms with E-state index in [1.807, 2.05) is 20.8 Å². The molecule has 0 aromatic carbocycles. The second-order valence-electron chi connectivity index (χ2n) is 7.61. The van der Waals surface area contributed by atoms with Crippen molar-refractivity contribution in [3.8, 4) is 0 Å². The van der Waals surface area contributed by atoms with E-state index in [0.717, 1.165) is 0 Å². The van der Waals surface area contributed by atoms with Crippen LogP contribution in [0.25, 0.3) is 0 Å². The van der Waals surface area contributed by atoms with Gasteiger partial charge in [-0.2, -0.15) is 0 Å². The van der Waals surface area contributed by atoms with Crippen molar-refractivity contribution in [3.05, 3.63) is 0 Å². The third kappa shape index (κ3) is 1.54. The van der Waals surface area contributed by atoms with Gasteiger partial charge in [-0.3, -0.25) is 4.79 Å². The molecule has 3 fully saturated rings. The molecular formula is C15H24O6. The van der Waals surface area contributed by atoms with Gasteiger partial charge in [0, 0.05) is 18.3 Å². The number of aliphatic hydroxyl groups is 3. The summed E-state index contributed by atoms with van der Waals surface area (Å²) in [5, 5.41) is 31.8. The summed E-state index contributed by atoms with van der Waals surface area (Å²) in [5.74, 6) is -3.88. The first-order valence-corrected chi connectivity index (χ1v) is 7.55. The molecule has 3 saturated heterocycles. The van der Waals surface area contributed by atoms with Gasteiger partial charge >= 0.3 is 5.97 Å².